The summed E-state index contributed by atoms with van der Waals surface area (Å²) in [5, 5.41) is 4.36. The molecule has 0 spiro atoms. The van der Waals surface area contributed by atoms with Crippen LogP contribution in [-0.2, 0) is 20.9 Å². The minimum atomic E-state index is -2.14. The number of benzene rings is 2. The molecule has 0 aliphatic rings. The summed E-state index contributed by atoms with van der Waals surface area (Å²) in [7, 11) is 0. The summed E-state index contributed by atoms with van der Waals surface area (Å²) in [6.45, 7) is 1.35. The fourth-order valence-electron chi connectivity index (χ4n) is 1.92. The number of hydrogen-bond donors (Lipinski definition) is 3. The minimum absolute atomic E-state index is 0.164. The van der Waals surface area contributed by atoms with Crippen molar-refractivity contribution >= 4 is 45.1 Å². The second kappa shape index (κ2) is 6.47. The van der Waals surface area contributed by atoms with Crippen LogP contribution in [0.4, 0.5) is 11.4 Å². The predicted octanol–water partition coefficient (Wildman–Crippen LogP) is 2.31. The third-order valence-corrected chi connectivity index (χ3v) is 3.15. The molecule has 0 aliphatic carbocycles. The lowest BCUT2D eigenvalue weighted by Gasteiger charge is -2.07. The van der Waals surface area contributed by atoms with Crippen LogP contribution in [-0.4, -0.2) is 20.5 Å². The molecule has 7 heteroatoms. The van der Waals surface area contributed by atoms with E-state index in [-0.39, 0.29) is 18.1 Å². The standard InChI is InChI=1S/C14H14N2O4S/c1-9(17)6-14(18)15-12-4-2-10-3-5-13(16-21(19)20)8-11(10)7-12/h2-5,7-8,16H,6H2,1H3,(H,15,18)(H,19,20). The van der Waals surface area contributed by atoms with E-state index in [9.17, 15) is 13.8 Å². The molecular weight excluding hydrogens is 292 g/mol. The van der Waals surface area contributed by atoms with Crippen LogP contribution in [0.5, 0.6) is 0 Å². The molecule has 0 saturated carbocycles. The maximum absolute atomic E-state index is 11.6. The summed E-state index contributed by atoms with van der Waals surface area (Å²) >= 11 is -2.14. The fraction of sp³-hybridized carbons (Fsp3) is 0.143. The molecule has 1 amide bonds. The first-order chi connectivity index (χ1) is 9.94. The molecule has 0 fully saturated rings. The molecule has 21 heavy (non-hydrogen) atoms. The van der Waals surface area contributed by atoms with Crippen LogP contribution in [0.15, 0.2) is 36.4 Å². The van der Waals surface area contributed by atoms with Gasteiger partial charge in [-0.3, -0.25) is 18.9 Å². The second-order valence-corrected chi connectivity index (χ2v) is 5.26. The molecule has 6 nitrogen and oxygen atoms in total. The minimum Gasteiger partial charge on any atom is -0.326 e. The summed E-state index contributed by atoms with van der Waals surface area (Å²) in [4.78, 5) is 22.4. The molecule has 0 heterocycles. The first-order valence-electron chi connectivity index (χ1n) is 6.14. The largest absolute Gasteiger partial charge is 0.326 e. The first kappa shape index (κ1) is 15.1. The monoisotopic (exact) mass is 306 g/mol. The van der Waals surface area contributed by atoms with Gasteiger partial charge in [-0.25, -0.2) is 4.21 Å². The number of carbonyl (C=O) groups is 2. The zero-order valence-corrected chi connectivity index (χ0v) is 12.1. The van der Waals surface area contributed by atoms with E-state index in [0.717, 1.165) is 10.8 Å². The van der Waals surface area contributed by atoms with E-state index >= 15 is 0 Å². The van der Waals surface area contributed by atoms with Crippen LogP contribution in [0.3, 0.4) is 0 Å². The van der Waals surface area contributed by atoms with Crippen molar-refractivity contribution in [3.05, 3.63) is 36.4 Å². The van der Waals surface area contributed by atoms with E-state index in [4.69, 9.17) is 4.55 Å². The Labute approximate surface area is 124 Å². The number of ketones is 1. The van der Waals surface area contributed by atoms with Gasteiger partial charge in [0.15, 0.2) is 0 Å². The van der Waals surface area contributed by atoms with Gasteiger partial charge in [0.1, 0.15) is 5.78 Å². The fourth-order valence-corrected chi connectivity index (χ4v) is 2.25. The number of nitrogens with one attached hydrogen (secondary N) is 2. The Morgan fingerprint density at radius 3 is 2.33 bits per heavy atom. The molecule has 1 unspecified atom stereocenters. The third kappa shape index (κ3) is 4.37. The molecule has 2 rings (SSSR count). The van der Waals surface area contributed by atoms with Gasteiger partial charge in [-0.15, -0.1) is 0 Å². The Kier molecular flexibility index (Phi) is 4.66. The maximum atomic E-state index is 11.6. The van der Waals surface area contributed by atoms with Gasteiger partial charge in [-0.2, -0.15) is 0 Å². The molecule has 1 atom stereocenters. The predicted molar refractivity (Wildman–Crippen MR) is 82.3 cm³/mol. The summed E-state index contributed by atoms with van der Waals surface area (Å²) in [6.07, 6.45) is -0.164. The van der Waals surface area contributed by atoms with Gasteiger partial charge in [0.05, 0.1) is 6.42 Å². The van der Waals surface area contributed by atoms with E-state index in [0.29, 0.717) is 11.4 Å². The van der Waals surface area contributed by atoms with E-state index in [1.807, 2.05) is 6.07 Å². The summed E-state index contributed by atoms with van der Waals surface area (Å²) in [6, 6.07) is 10.5. The number of hydrogen-bond acceptors (Lipinski definition) is 3. The number of fused-ring (bicyclic) bond motifs is 1. The Hall–Kier alpha value is -2.25. The number of anilines is 2. The van der Waals surface area contributed by atoms with Gasteiger partial charge in [0.2, 0.25) is 5.91 Å². The summed E-state index contributed by atoms with van der Waals surface area (Å²) in [5.74, 6) is -0.571. The average Bonchev–Trinajstić information content (AvgIpc) is 2.36. The second-order valence-electron chi connectivity index (χ2n) is 4.55. The van der Waals surface area contributed by atoms with Crippen molar-refractivity contribution in [1.29, 1.82) is 0 Å². The maximum Gasteiger partial charge on any atom is 0.259 e. The van der Waals surface area contributed by atoms with Crippen LogP contribution in [0, 0.1) is 0 Å². The Bertz CT molecular complexity index is 730. The lowest BCUT2D eigenvalue weighted by atomic mass is 10.1. The van der Waals surface area contributed by atoms with Gasteiger partial charge >= 0.3 is 0 Å². The Morgan fingerprint density at radius 2 is 1.71 bits per heavy atom. The van der Waals surface area contributed by atoms with E-state index in [1.165, 1.54) is 6.92 Å². The summed E-state index contributed by atoms with van der Waals surface area (Å²) in [5.41, 5.74) is 1.06. The molecule has 110 valence electrons. The highest BCUT2D eigenvalue weighted by Crippen LogP contribution is 2.23. The number of rotatable bonds is 5. The van der Waals surface area contributed by atoms with Gasteiger partial charge in [-0.05, 0) is 42.0 Å². The van der Waals surface area contributed by atoms with Crippen molar-refractivity contribution < 1.29 is 18.4 Å². The van der Waals surface area contributed by atoms with Crippen molar-refractivity contribution in [2.45, 2.75) is 13.3 Å². The zero-order chi connectivity index (χ0) is 15.4. The first-order valence-corrected chi connectivity index (χ1v) is 7.25. The highest BCUT2D eigenvalue weighted by Gasteiger charge is 2.06. The highest BCUT2D eigenvalue weighted by atomic mass is 32.2. The quantitative estimate of drug-likeness (QED) is 0.583. The normalized spacial score (nSPS) is 11.9. The van der Waals surface area contributed by atoms with Crippen LogP contribution in [0.25, 0.3) is 10.8 Å². The Morgan fingerprint density at radius 1 is 1.10 bits per heavy atom. The van der Waals surface area contributed by atoms with Crippen molar-refractivity contribution in [2.75, 3.05) is 10.0 Å². The van der Waals surface area contributed by atoms with Gasteiger partial charge in [0, 0.05) is 11.4 Å². The van der Waals surface area contributed by atoms with Crippen LogP contribution in [0.2, 0.25) is 0 Å². The van der Waals surface area contributed by atoms with Crippen LogP contribution < -0.4 is 10.0 Å². The lowest BCUT2D eigenvalue weighted by molar-refractivity contribution is -0.124. The van der Waals surface area contributed by atoms with Crippen molar-refractivity contribution in [3.63, 3.8) is 0 Å². The van der Waals surface area contributed by atoms with Gasteiger partial charge in [0.25, 0.3) is 11.3 Å². The average molecular weight is 306 g/mol. The van der Waals surface area contributed by atoms with E-state index < -0.39 is 11.3 Å². The van der Waals surface area contributed by atoms with E-state index in [2.05, 4.69) is 10.0 Å². The van der Waals surface area contributed by atoms with Crippen molar-refractivity contribution in [2.24, 2.45) is 0 Å². The number of amides is 1. The van der Waals surface area contributed by atoms with Gasteiger partial charge < -0.3 is 5.32 Å². The zero-order valence-electron chi connectivity index (χ0n) is 11.3. The number of carbonyl (C=O) groups excluding carboxylic acids is 2. The molecule has 0 aromatic heterocycles. The molecule has 2 aromatic carbocycles. The summed E-state index contributed by atoms with van der Waals surface area (Å²) < 4.78 is 21.9. The molecular formula is C14H14N2O4S. The van der Waals surface area contributed by atoms with Crippen LogP contribution in [0.1, 0.15) is 13.3 Å². The van der Waals surface area contributed by atoms with Crippen LogP contribution >= 0.6 is 0 Å². The lowest BCUT2D eigenvalue weighted by Crippen LogP contribution is -2.14. The smallest absolute Gasteiger partial charge is 0.259 e. The molecule has 0 saturated heterocycles. The topological polar surface area (TPSA) is 95.5 Å². The highest BCUT2D eigenvalue weighted by molar-refractivity contribution is 7.80. The molecule has 0 bridgehead atoms. The molecule has 0 aliphatic heterocycles. The third-order valence-electron chi connectivity index (χ3n) is 2.74. The van der Waals surface area contributed by atoms with E-state index in [1.54, 1.807) is 30.3 Å². The van der Waals surface area contributed by atoms with Gasteiger partial charge in [-0.1, -0.05) is 12.1 Å². The molecule has 3 N–H and O–H groups in total. The molecule has 2 aromatic rings. The Balaban J connectivity index is 2.24. The van der Waals surface area contributed by atoms with Crippen molar-refractivity contribution in [1.82, 2.24) is 0 Å². The van der Waals surface area contributed by atoms with Crippen molar-refractivity contribution in [3.8, 4) is 0 Å². The molecule has 0 radical (unpaired) electrons. The SMILES string of the molecule is CC(=O)CC(=O)Nc1ccc2ccc(NS(=O)O)cc2c1. The number of Topliss-reactive ketones (excluding diaryl/α,β-unsaturated/α-hetero) is 1.